The Morgan fingerprint density at radius 2 is 1.76 bits per heavy atom. The minimum absolute atomic E-state index is 0.148. The summed E-state index contributed by atoms with van der Waals surface area (Å²) >= 11 is 0. The predicted molar refractivity (Wildman–Crippen MR) is 79.5 cm³/mol. The van der Waals surface area contributed by atoms with Crippen molar-refractivity contribution in [3.8, 4) is 22.8 Å². The number of hydrogen-bond donors (Lipinski definition) is 1. The van der Waals surface area contributed by atoms with Gasteiger partial charge in [-0.15, -0.1) is 0 Å². The lowest BCUT2D eigenvalue weighted by Gasteiger charge is -2.05. The van der Waals surface area contributed by atoms with Gasteiger partial charge in [-0.25, -0.2) is 0 Å². The molecule has 0 saturated carbocycles. The first kappa shape index (κ1) is 13.1. The van der Waals surface area contributed by atoms with Gasteiger partial charge < -0.3 is 9.84 Å². The Labute approximate surface area is 121 Å². The molecule has 3 rings (SSSR count). The average Bonchev–Trinajstić information content (AvgIpc) is 2.98. The molecule has 1 N–H and O–H groups in total. The molecule has 5 heteroatoms. The lowest BCUT2D eigenvalue weighted by Crippen LogP contribution is -2.06. The van der Waals surface area contributed by atoms with Crippen molar-refractivity contribution in [2.45, 2.75) is 6.92 Å². The molecule has 0 atom stereocenters. The summed E-state index contributed by atoms with van der Waals surface area (Å²) in [5.41, 5.74) is 2.22. The van der Waals surface area contributed by atoms with Gasteiger partial charge in [-0.3, -0.25) is 4.79 Å². The van der Waals surface area contributed by atoms with Gasteiger partial charge in [-0.2, -0.15) is 4.98 Å². The molecular weight excluding hydrogens is 266 g/mol. The molecule has 3 aromatic rings. The smallest absolute Gasteiger partial charge is 0.260 e. The minimum atomic E-state index is -0.148. The number of carbonyl (C=O) groups excluding carboxylic acids is 1. The van der Waals surface area contributed by atoms with Crippen molar-refractivity contribution >= 4 is 11.6 Å². The molecule has 1 amide bonds. The standard InChI is InChI=1S/C16H13N3O2/c1-11(20)17-14-10-6-5-9-13(14)16-18-15(19-21-16)12-7-3-2-4-8-12/h2-10H,1H3,(H,17,20). The summed E-state index contributed by atoms with van der Waals surface area (Å²) in [6.45, 7) is 1.46. The number of carbonyl (C=O) groups is 1. The molecule has 21 heavy (non-hydrogen) atoms. The monoisotopic (exact) mass is 279 g/mol. The van der Waals surface area contributed by atoms with E-state index in [-0.39, 0.29) is 5.91 Å². The SMILES string of the molecule is CC(=O)Nc1ccccc1-c1nc(-c2ccccc2)no1. The zero-order chi connectivity index (χ0) is 14.7. The number of amides is 1. The van der Waals surface area contributed by atoms with Crippen LogP contribution in [0, 0.1) is 0 Å². The molecule has 1 heterocycles. The Balaban J connectivity index is 1.99. The molecule has 5 nitrogen and oxygen atoms in total. The molecule has 0 aliphatic carbocycles. The maximum atomic E-state index is 11.2. The first-order valence-electron chi connectivity index (χ1n) is 6.50. The zero-order valence-electron chi connectivity index (χ0n) is 11.4. The number of para-hydroxylation sites is 1. The van der Waals surface area contributed by atoms with Gasteiger partial charge in [0.15, 0.2) is 0 Å². The van der Waals surface area contributed by atoms with Crippen LogP contribution in [0.1, 0.15) is 6.92 Å². The largest absolute Gasteiger partial charge is 0.334 e. The third-order valence-electron chi connectivity index (χ3n) is 2.93. The third kappa shape index (κ3) is 2.81. The van der Waals surface area contributed by atoms with Crippen molar-refractivity contribution in [2.75, 3.05) is 5.32 Å². The lowest BCUT2D eigenvalue weighted by atomic mass is 10.1. The molecule has 0 bridgehead atoms. The minimum Gasteiger partial charge on any atom is -0.334 e. The number of aromatic nitrogens is 2. The van der Waals surface area contributed by atoms with Crippen LogP contribution < -0.4 is 5.32 Å². The maximum absolute atomic E-state index is 11.2. The zero-order valence-corrected chi connectivity index (χ0v) is 11.4. The van der Waals surface area contributed by atoms with Crippen LogP contribution >= 0.6 is 0 Å². The topological polar surface area (TPSA) is 68.0 Å². The van der Waals surface area contributed by atoms with Gasteiger partial charge in [-0.1, -0.05) is 47.6 Å². The summed E-state index contributed by atoms with van der Waals surface area (Å²) in [5.74, 6) is 0.742. The highest BCUT2D eigenvalue weighted by molar-refractivity contribution is 5.93. The summed E-state index contributed by atoms with van der Waals surface area (Å²) in [6, 6.07) is 16.9. The first-order chi connectivity index (χ1) is 10.2. The summed E-state index contributed by atoms with van der Waals surface area (Å²) < 4.78 is 5.31. The lowest BCUT2D eigenvalue weighted by molar-refractivity contribution is -0.114. The van der Waals surface area contributed by atoms with Crippen molar-refractivity contribution < 1.29 is 9.32 Å². The van der Waals surface area contributed by atoms with Crippen LogP contribution in [0.3, 0.4) is 0 Å². The fourth-order valence-electron chi connectivity index (χ4n) is 2.01. The van der Waals surface area contributed by atoms with Crippen molar-refractivity contribution in [3.63, 3.8) is 0 Å². The summed E-state index contributed by atoms with van der Waals surface area (Å²) in [7, 11) is 0. The Morgan fingerprint density at radius 3 is 2.52 bits per heavy atom. The summed E-state index contributed by atoms with van der Waals surface area (Å²) in [6.07, 6.45) is 0. The number of anilines is 1. The molecule has 0 aliphatic rings. The van der Waals surface area contributed by atoms with Gasteiger partial charge in [0.2, 0.25) is 11.7 Å². The average molecular weight is 279 g/mol. The molecule has 104 valence electrons. The van der Waals surface area contributed by atoms with E-state index in [1.807, 2.05) is 48.5 Å². The quantitative estimate of drug-likeness (QED) is 0.798. The second kappa shape index (κ2) is 5.58. The van der Waals surface area contributed by atoms with Crippen LogP contribution in [0.15, 0.2) is 59.1 Å². The maximum Gasteiger partial charge on any atom is 0.260 e. The number of nitrogens with zero attached hydrogens (tertiary/aromatic N) is 2. The van der Waals surface area contributed by atoms with E-state index in [4.69, 9.17) is 4.52 Å². The van der Waals surface area contributed by atoms with Crippen molar-refractivity contribution in [3.05, 3.63) is 54.6 Å². The molecule has 2 aromatic carbocycles. The highest BCUT2D eigenvalue weighted by Crippen LogP contribution is 2.28. The third-order valence-corrected chi connectivity index (χ3v) is 2.93. The van der Waals surface area contributed by atoms with E-state index in [2.05, 4.69) is 15.5 Å². The van der Waals surface area contributed by atoms with Gasteiger partial charge in [-0.05, 0) is 12.1 Å². The molecular formula is C16H13N3O2. The number of nitrogens with one attached hydrogen (secondary N) is 1. The number of benzene rings is 2. The van der Waals surface area contributed by atoms with Gasteiger partial charge in [0.25, 0.3) is 5.89 Å². The van der Waals surface area contributed by atoms with E-state index in [9.17, 15) is 4.79 Å². The molecule has 1 aromatic heterocycles. The van der Waals surface area contributed by atoms with E-state index in [1.165, 1.54) is 6.92 Å². The fraction of sp³-hybridized carbons (Fsp3) is 0.0625. The van der Waals surface area contributed by atoms with Crippen LogP contribution in [0.5, 0.6) is 0 Å². The second-order valence-electron chi connectivity index (χ2n) is 4.52. The Hall–Kier alpha value is -2.95. The van der Waals surface area contributed by atoms with Crippen LogP contribution in [-0.2, 0) is 4.79 Å². The summed E-state index contributed by atoms with van der Waals surface area (Å²) in [5, 5.41) is 6.74. The molecule has 0 saturated heterocycles. The highest BCUT2D eigenvalue weighted by atomic mass is 16.5. The number of rotatable bonds is 3. The molecule has 0 aliphatic heterocycles. The molecule has 0 fully saturated rings. The molecule has 0 spiro atoms. The fourth-order valence-corrected chi connectivity index (χ4v) is 2.01. The predicted octanol–water partition coefficient (Wildman–Crippen LogP) is 3.36. The van der Waals surface area contributed by atoms with Crippen LogP contribution in [-0.4, -0.2) is 16.0 Å². The molecule has 0 radical (unpaired) electrons. The molecule has 0 unspecified atom stereocenters. The van der Waals surface area contributed by atoms with Crippen molar-refractivity contribution in [2.24, 2.45) is 0 Å². The van der Waals surface area contributed by atoms with E-state index in [1.54, 1.807) is 6.07 Å². The van der Waals surface area contributed by atoms with Crippen molar-refractivity contribution in [1.82, 2.24) is 10.1 Å². The van der Waals surface area contributed by atoms with E-state index >= 15 is 0 Å². The Kier molecular flexibility index (Phi) is 3.47. The van der Waals surface area contributed by atoms with Gasteiger partial charge in [0.05, 0.1) is 11.3 Å². The van der Waals surface area contributed by atoms with Gasteiger partial charge >= 0.3 is 0 Å². The second-order valence-corrected chi connectivity index (χ2v) is 4.52. The van der Waals surface area contributed by atoms with Gasteiger partial charge in [0, 0.05) is 12.5 Å². The van der Waals surface area contributed by atoms with Crippen LogP contribution in [0.4, 0.5) is 5.69 Å². The van der Waals surface area contributed by atoms with E-state index in [0.717, 1.165) is 5.56 Å². The van der Waals surface area contributed by atoms with Gasteiger partial charge in [0.1, 0.15) is 0 Å². The van der Waals surface area contributed by atoms with E-state index in [0.29, 0.717) is 23.0 Å². The van der Waals surface area contributed by atoms with Crippen LogP contribution in [0.2, 0.25) is 0 Å². The highest BCUT2D eigenvalue weighted by Gasteiger charge is 2.14. The van der Waals surface area contributed by atoms with Crippen molar-refractivity contribution in [1.29, 1.82) is 0 Å². The Morgan fingerprint density at radius 1 is 1.05 bits per heavy atom. The van der Waals surface area contributed by atoms with Crippen LogP contribution in [0.25, 0.3) is 22.8 Å². The first-order valence-corrected chi connectivity index (χ1v) is 6.50. The normalized spacial score (nSPS) is 10.3. The van der Waals surface area contributed by atoms with E-state index < -0.39 is 0 Å². The number of hydrogen-bond acceptors (Lipinski definition) is 4. The summed E-state index contributed by atoms with van der Waals surface area (Å²) in [4.78, 5) is 15.6. The Bertz CT molecular complexity index is 766.